The molecule has 0 aliphatic heterocycles. The number of hydrogen-bond donors (Lipinski definition) is 1. The summed E-state index contributed by atoms with van der Waals surface area (Å²) in [6.45, 7) is 6.36. The molecule has 0 saturated carbocycles. The lowest BCUT2D eigenvalue weighted by Gasteiger charge is -2.03. The Morgan fingerprint density at radius 1 is 0.842 bits per heavy atom. The highest BCUT2D eigenvalue weighted by molar-refractivity contribution is 5.84. The Bertz CT molecular complexity index is 249. The monoisotopic (exact) mass is 268 g/mol. The molecule has 0 fully saturated rings. The molecular formula is C16H32N2O. The molecule has 3 heteroatoms. The van der Waals surface area contributed by atoms with Gasteiger partial charge in [0.2, 0.25) is 5.91 Å². The first-order valence-corrected chi connectivity index (χ1v) is 8.02. The summed E-state index contributed by atoms with van der Waals surface area (Å²) in [6, 6.07) is 0. The van der Waals surface area contributed by atoms with Gasteiger partial charge in [-0.05, 0) is 26.2 Å². The van der Waals surface area contributed by atoms with Crippen molar-refractivity contribution in [1.82, 2.24) is 5.43 Å². The number of carbonyl (C=O) groups is 1. The Labute approximate surface area is 119 Å². The number of unbranched alkanes of at least 4 members (excludes halogenated alkanes) is 7. The Morgan fingerprint density at radius 3 is 2.05 bits per heavy atom. The maximum absolute atomic E-state index is 11.5. The Balaban J connectivity index is 3.43. The standard InChI is InChI=1S/C16H32N2O/c1-4-6-8-9-10-11-12-14-16(19)18-17-15(3)13-7-5-2/h4-14H2,1-3H3,(H,18,19). The van der Waals surface area contributed by atoms with E-state index in [4.69, 9.17) is 0 Å². The molecule has 0 aromatic rings. The van der Waals surface area contributed by atoms with Crippen LogP contribution >= 0.6 is 0 Å². The third kappa shape index (κ3) is 13.4. The molecule has 0 unspecified atom stereocenters. The average Bonchev–Trinajstić information content (AvgIpc) is 2.41. The largest absolute Gasteiger partial charge is 0.273 e. The van der Waals surface area contributed by atoms with Crippen molar-refractivity contribution in [3.8, 4) is 0 Å². The van der Waals surface area contributed by atoms with E-state index < -0.39 is 0 Å². The highest BCUT2D eigenvalue weighted by Gasteiger charge is 2.00. The maximum Gasteiger partial charge on any atom is 0.240 e. The van der Waals surface area contributed by atoms with Gasteiger partial charge in [0.15, 0.2) is 0 Å². The number of rotatable bonds is 12. The van der Waals surface area contributed by atoms with E-state index in [1.54, 1.807) is 0 Å². The smallest absolute Gasteiger partial charge is 0.240 e. The number of nitrogens with one attached hydrogen (secondary N) is 1. The molecule has 19 heavy (non-hydrogen) atoms. The van der Waals surface area contributed by atoms with E-state index in [-0.39, 0.29) is 5.91 Å². The lowest BCUT2D eigenvalue weighted by atomic mass is 10.1. The van der Waals surface area contributed by atoms with Gasteiger partial charge >= 0.3 is 0 Å². The van der Waals surface area contributed by atoms with Gasteiger partial charge in [0.1, 0.15) is 0 Å². The first kappa shape index (κ1) is 18.1. The van der Waals surface area contributed by atoms with E-state index in [1.165, 1.54) is 38.5 Å². The van der Waals surface area contributed by atoms with Gasteiger partial charge in [-0.2, -0.15) is 5.10 Å². The van der Waals surface area contributed by atoms with Gasteiger partial charge in [0.05, 0.1) is 0 Å². The quantitative estimate of drug-likeness (QED) is 0.308. The van der Waals surface area contributed by atoms with Gasteiger partial charge < -0.3 is 0 Å². The number of hydrazone groups is 1. The lowest BCUT2D eigenvalue weighted by molar-refractivity contribution is -0.121. The van der Waals surface area contributed by atoms with Crippen LogP contribution in [0.25, 0.3) is 0 Å². The normalized spacial score (nSPS) is 11.6. The Hall–Kier alpha value is -0.860. The molecule has 0 aromatic carbocycles. The van der Waals surface area contributed by atoms with Crippen LogP contribution in [0.5, 0.6) is 0 Å². The van der Waals surface area contributed by atoms with Crippen molar-refractivity contribution in [3.63, 3.8) is 0 Å². The molecule has 0 aliphatic carbocycles. The zero-order valence-electron chi connectivity index (χ0n) is 13.1. The van der Waals surface area contributed by atoms with Crippen molar-refractivity contribution in [1.29, 1.82) is 0 Å². The fourth-order valence-electron chi connectivity index (χ4n) is 1.94. The van der Waals surface area contributed by atoms with E-state index in [2.05, 4.69) is 24.4 Å². The van der Waals surface area contributed by atoms with Crippen LogP contribution in [0.1, 0.15) is 91.4 Å². The van der Waals surface area contributed by atoms with Gasteiger partial charge in [-0.1, -0.05) is 58.8 Å². The molecule has 3 nitrogen and oxygen atoms in total. The fraction of sp³-hybridized carbons (Fsp3) is 0.875. The predicted molar refractivity (Wildman–Crippen MR) is 83.4 cm³/mol. The highest BCUT2D eigenvalue weighted by atomic mass is 16.2. The minimum Gasteiger partial charge on any atom is -0.273 e. The zero-order valence-corrected chi connectivity index (χ0v) is 13.1. The second kappa shape index (κ2) is 13.6. The third-order valence-electron chi connectivity index (χ3n) is 3.27. The molecule has 0 saturated heterocycles. The summed E-state index contributed by atoms with van der Waals surface area (Å²) in [6.07, 6.45) is 12.6. The minimum atomic E-state index is 0.0596. The van der Waals surface area contributed by atoms with Gasteiger partial charge in [-0.15, -0.1) is 0 Å². The van der Waals surface area contributed by atoms with E-state index in [1.807, 2.05) is 6.92 Å². The summed E-state index contributed by atoms with van der Waals surface area (Å²) in [5.41, 5.74) is 3.67. The molecule has 0 aliphatic rings. The molecule has 0 spiro atoms. The van der Waals surface area contributed by atoms with Crippen molar-refractivity contribution in [2.75, 3.05) is 0 Å². The molecule has 0 heterocycles. The molecule has 1 amide bonds. The molecule has 0 rings (SSSR count). The van der Waals surface area contributed by atoms with E-state index in [0.29, 0.717) is 6.42 Å². The fourth-order valence-corrected chi connectivity index (χ4v) is 1.94. The predicted octanol–water partition coefficient (Wildman–Crippen LogP) is 4.81. The van der Waals surface area contributed by atoms with Gasteiger partial charge in [0.25, 0.3) is 0 Å². The van der Waals surface area contributed by atoms with Crippen molar-refractivity contribution >= 4 is 11.6 Å². The Morgan fingerprint density at radius 2 is 1.42 bits per heavy atom. The highest BCUT2D eigenvalue weighted by Crippen LogP contribution is 2.08. The van der Waals surface area contributed by atoms with Crippen LogP contribution in [-0.4, -0.2) is 11.6 Å². The van der Waals surface area contributed by atoms with Crippen LogP contribution in [-0.2, 0) is 4.79 Å². The van der Waals surface area contributed by atoms with Crippen molar-refractivity contribution < 1.29 is 4.79 Å². The van der Waals surface area contributed by atoms with Gasteiger partial charge in [0, 0.05) is 12.1 Å². The van der Waals surface area contributed by atoms with Crippen LogP contribution in [0.2, 0.25) is 0 Å². The molecule has 0 aromatic heterocycles. The molecule has 1 N–H and O–H groups in total. The summed E-state index contributed by atoms with van der Waals surface area (Å²) in [5, 5.41) is 4.12. The first-order chi connectivity index (χ1) is 9.20. The SMILES string of the molecule is CCCCCCCCCC(=O)NN=C(C)CCCC. The summed E-state index contributed by atoms with van der Waals surface area (Å²) in [5.74, 6) is 0.0596. The molecule has 0 bridgehead atoms. The Kier molecular flexibility index (Phi) is 13.0. The van der Waals surface area contributed by atoms with Crippen LogP contribution in [0, 0.1) is 0 Å². The average molecular weight is 268 g/mol. The second-order valence-corrected chi connectivity index (χ2v) is 5.36. The third-order valence-corrected chi connectivity index (χ3v) is 3.27. The second-order valence-electron chi connectivity index (χ2n) is 5.36. The van der Waals surface area contributed by atoms with Crippen molar-refractivity contribution in [2.24, 2.45) is 5.10 Å². The summed E-state index contributed by atoms with van der Waals surface area (Å²) in [4.78, 5) is 11.5. The van der Waals surface area contributed by atoms with E-state index in [9.17, 15) is 4.79 Å². The summed E-state index contributed by atoms with van der Waals surface area (Å²) >= 11 is 0. The minimum absolute atomic E-state index is 0.0596. The lowest BCUT2D eigenvalue weighted by Crippen LogP contribution is -2.18. The molecular weight excluding hydrogens is 236 g/mol. The van der Waals surface area contributed by atoms with Crippen molar-refractivity contribution in [3.05, 3.63) is 0 Å². The van der Waals surface area contributed by atoms with Gasteiger partial charge in [-0.25, -0.2) is 5.43 Å². The number of amides is 1. The molecule has 112 valence electrons. The topological polar surface area (TPSA) is 41.5 Å². The van der Waals surface area contributed by atoms with E-state index >= 15 is 0 Å². The first-order valence-electron chi connectivity index (χ1n) is 8.02. The summed E-state index contributed by atoms with van der Waals surface area (Å²) < 4.78 is 0. The zero-order chi connectivity index (χ0) is 14.3. The summed E-state index contributed by atoms with van der Waals surface area (Å²) in [7, 11) is 0. The van der Waals surface area contributed by atoms with E-state index in [0.717, 1.165) is 31.4 Å². The van der Waals surface area contributed by atoms with Crippen LogP contribution in [0.4, 0.5) is 0 Å². The molecule has 0 atom stereocenters. The van der Waals surface area contributed by atoms with Crippen LogP contribution < -0.4 is 5.43 Å². The number of hydrogen-bond acceptors (Lipinski definition) is 2. The maximum atomic E-state index is 11.5. The van der Waals surface area contributed by atoms with Crippen molar-refractivity contribution in [2.45, 2.75) is 91.4 Å². The molecule has 0 radical (unpaired) electrons. The van der Waals surface area contributed by atoms with Gasteiger partial charge in [-0.3, -0.25) is 4.79 Å². The van der Waals surface area contributed by atoms with Crippen LogP contribution in [0.15, 0.2) is 5.10 Å². The number of nitrogens with zero attached hydrogens (tertiary/aromatic N) is 1. The number of carbonyl (C=O) groups excluding carboxylic acids is 1. The van der Waals surface area contributed by atoms with Crippen LogP contribution in [0.3, 0.4) is 0 Å².